The second-order valence-electron chi connectivity index (χ2n) is 4.47. The number of ether oxygens (including phenoxy) is 1. The summed E-state index contributed by atoms with van der Waals surface area (Å²) >= 11 is 0. The van der Waals surface area contributed by atoms with E-state index in [1.165, 1.54) is 6.92 Å². The van der Waals surface area contributed by atoms with E-state index in [1.807, 2.05) is 0 Å². The van der Waals surface area contributed by atoms with Crippen LogP contribution < -0.4 is 0 Å². The lowest BCUT2D eigenvalue weighted by atomic mass is 9.96. The zero-order chi connectivity index (χ0) is 14.3. The van der Waals surface area contributed by atoms with Gasteiger partial charge in [-0.2, -0.15) is 0 Å². The van der Waals surface area contributed by atoms with Crippen molar-refractivity contribution in [3.8, 4) is 0 Å². The van der Waals surface area contributed by atoms with Crippen LogP contribution in [-0.2, 0) is 29.9 Å². The average molecular weight is 287 g/mol. The Kier molecular flexibility index (Phi) is 3.44. The minimum absolute atomic E-state index is 0.103. The number of fused-ring (bicyclic) bond motifs is 1. The molecule has 1 fully saturated rings. The van der Waals surface area contributed by atoms with Crippen LogP contribution in [0.2, 0.25) is 0 Å². The third kappa shape index (κ3) is 2.16. The summed E-state index contributed by atoms with van der Waals surface area (Å²) < 4.78 is 16.7. The third-order valence-corrected chi connectivity index (χ3v) is 4.89. The maximum absolute atomic E-state index is 12.0. The van der Waals surface area contributed by atoms with Crippen molar-refractivity contribution >= 4 is 28.6 Å². The molecule has 1 amide bonds. The zero-order valence-corrected chi connectivity index (χ0v) is 11.2. The van der Waals surface area contributed by atoms with E-state index >= 15 is 0 Å². The molecule has 0 aliphatic carbocycles. The van der Waals surface area contributed by atoms with Gasteiger partial charge in [0.15, 0.2) is 0 Å². The molecule has 1 saturated heterocycles. The Bertz CT molecular complexity index is 525. The van der Waals surface area contributed by atoms with E-state index in [-0.39, 0.29) is 18.1 Å². The molecule has 0 bridgehead atoms. The fourth-order valence-electron chi connectivity index (χ4n) is 2.28. The number of esters is 1. The van der Waals surface area contributed by atoms with E-state index in [0.29, 0.717) is 5.57 Å². The van der Waals surface area contributed by atoms with Crippen LogP contribution in [0, 0.1) is 5.92 Å². The SMILES string of the molecule is CC(=O)OC[C@H]1C(=O)N2C(C(=O)O)=C(C)CS(=O)[C@H]12. The summed E-state index contributed by atoms with van der Waals surface area (Å²) in [5, 5.41) is 8.40. The molecule has 3 atom stereocenters. The number of hydrogen-bond acceptors (Lipinski definition) is 5. The highest BCUT2D eigenvalue weighted by Crippen LogP contribution is 2.38. The lowest BCUT2D eigenvalue weighted by molar-refractivity contribution is -0.159. The number of β-lactam (4-membered cyclic amide) rings is 1. The van der Waals surface area contributed by atoms with E-state index in [1.54, 1.807) is 6.92 Å². The van der Waals surface area contributed by atoms with Crippen molar-refractivity contribution in [2.24, 2.45) is 5.92 Å². The van der Waals surface area contributed by atoms with Gasteiger partial charge >= 0.3 is 11.9 Å². The van der Waals surface area contributed by atoms with E-state index in [4.69, 9.17) is 9.84 Å². The van der Waals surface area contributed by atoms with Gasteiger partial charge in [0.2, 0.25) is 5.91 Å². The standard InChI is InChI=1S/C11H13NO6S/c1-5-4-19(17)10-7(3-18-6(2)13)9(14)12(10)8(5)11(15)16/h7,10H,3-4H2,1-2H3,(H,15,16)/t7-,10+,19?/m0/s1. The summed E-state index contributed by atoms with van der Waals surface area (Å²) in [6.45, 7) is 2.60. The first-order chi connectivity index (χ1) is 8.84. The fourth-order valence-corrected chi connectivity index (χ4v) is 4.02. The van der Waals surface area contributed by atoms with E-state index in [0.717, 1.165) is 4.90 Å². The van der Waals surface area contributed by atoms with Crippen LogP contribution in [-0.4, -0.2) is 49.8 Å². The molecule has 1 unspecified atom stereocenters. The molecule has 0 radical (unpaired) electrons. The Morgan fingerprint density at radius 2 is 2.16 bits per heavy atom. The number of carbonyl (C=O) groups excluding carboxylic acids is 2. The van der Waals surface area contributed by atoms with Gasteiger partial charge in [0, 0.05) is 23.5 Å². The summed E-state index contributed by atoms with van der Waals surface area (Å²) in [4.78, 5) is 34.8. The highest BCUT2D eigenvalue weighted by molar-refractivity contribution is 7.86. The highest BCUT2D eigenvalue weighted by Gasteiger charge is 2.56. The van der Waals surface area contributed by atoms with Crippen LogP contribution in [0.3, 0.4) is 0 Å². The molecule has 0 saturated carbocycles. The van der Waals surface area contributed by atoms with Crippen LogP contribution in [0.1, 0.15) is 13.8 Å². The molecule has 2 aliphatic rings. The molecular weight excluding hydrogens is 274 g/mol. The van der Waals surface area contributed by atoms with E-state index < -0.39 is 39.9 Å². The summed E-state index contributed by atoms with van der Waals surface area (Å²) in [6.07, 6.45) is 0. The highest BCUT2D eigenvalue weighted by atomic mass is 32.2. The van der Waals surface area contributed by atoms with Gasteiger partial charge in [0.05, 0.1) is 0 Å². The number of rotatable bonds is 3. The molecule has 2 rings (SSSR count). The fraction of sp³-hybridized carbons (Fsp3) is 0.545. The van der Waals surface area contributed by atoms with Gasteiger partial charge in [0.1, 0.15) is 23.6 Å². The van der Waals surface area contributed by atoms with Gasteiger partial charge in [-0.15, -0.1) is 0 Å². The Labute approximate surface area is 111 Å². The van der Waals surface area contributed by atoms with E-state index in [2.05, 4.69) is 0 Å². The maximum Gasteiger partial charge on any atom is 0.352 e. The Morgan fingerprint density at radius 1 is 1.53 bits per heavy atom. The second kappa shape index (κ2) is 4.76. The summed E-state index contributed by atoms with van der Waals surface area (Å²) in [6, 6.07) is 0. The predicted molar refractivity (Wildman–Crippen MR) is 64.1 cm³/mol. The summed E-state index contributed by atoms with van der Waals surface area (Å²) in [7, 11) is -1.37. The smallest absolute Gasteiger partial charge is 0.352 e. The van der Waals surface area contributed by atoms with Gasteiger partial charge in [-0.3, -0.25) is 18.7 Å². The first-order valence-corrected chi connectivity index (χ1v) is 6.99. The monoisotopic (exact) mass is 287 g/mol. The van der Waals surface area contributed by atoms with Crippen LogP contribution in [0.25, 0.3) is 0 Å². The summed E-state index contributed by atoms with van der Waals surface area (Å²) in [5.41, 5.74) is 0.315. The van der Waals surface area contributed by atoms with Crippen molar-refractivity contribution in [3.63, 3.8) is 0 Å². The van der Waals surface area contributed by atoms with Gasteiger partial charge in [-0.05, 0) is 12.5 Å². The van der Waals surface area contributed by atoms with Crippen molar-refractivity contribution in [1.82, 2.24) is 4.90 Å². The zero-order valence-electron chi connectivity index (χ0n) is 10.4. The van der Waals surface area contributed by atoms with Crippen molar-refractivity contribution < 1.29 is 28.4 Å². The van der Waals surface area contributed by atoms with Gasteiger partial charge < -0.3 is 9.84 Å². The molecule has 104 valence electrons. The molecule has 0 spiro atoms. The molecule has 1 N–H and O–H groups in total. The minimum Gasteiger partial charge on any atom is -0.477 e. The predicted octanol–water partition coefficient (Wildman–Crippen LogP) is -0.545. The number of carboxylic acids is 1. The number of hydrogen-bond donors (Lipinski definition) is 1. The third-order valence-electron chi connectivity index (χ3n) is 3.10. The molecule has 0 aromatic rings. The number of carboxylic acid groups (broad SMARTS) is 1. The largest absolute Gasteiger partial charge is 0.477 e. The van der Waals surface area contributed by atoms with Crippen molar-refractivity contribution in [1.29, 1.82) is 0 Å². The van der Waals surface area contributed by atoms with Gasteiger partial charge in [0.25, 0.3) is 0 Å². The van der Waals surface area contributed by atoms with Crippen molar-refractivity contribution in [2.45, 2.75) is 19.2 Å². The molecule has 2 heterocycles. The lowest BCUT2D eigenvalue weighted by Gasteiger charge is -2.48. The summed E-state index contributed by atoms with van der Waals surface area (Å²) in [5.74, 6) is -2.80. The van der Waals surface area contributed by atoms with E-state index in [9.17, 15) is 18.6 Å². The topological polar surface area (TPSA) is 101 Å². The first kappa shape index (κ1) is 13.7. The lowest BCUT2D eigenvalue weighted by Crippen LogP contribution is -2.66. The molecule has 2 aliphatic heterocycles. The Balaban J connectivity index is 2.24. The molecule has 0 aromatic carbocycles. The van der Waals surface area contributed by atoms with Crippen LogP contribution in [0.4, 0.5) is 0 Å². The molecule has 7 nitrogen and oxygen atoms in total. The minimum atomic E-state index is -1.37. The van der Waals surface area contributed by atoms with Crippen LogP contribution in [0.5, 0.6) is 0 Å². The normalized spacial score (nSPS) is 29.7. The molecule has 19 heavy (non-hydrogen) atoms. The second-order valence-corrected chi connectivity index (χ2v) is 6.00. The first-order valence-electron chi connectivity index (χ1n) is 5.61. The van der Waals surface area contributed by atoms with Crippen molar-refractivity contribution in [2.75, 3.05) is 12.4 Å². The molecule has 8 heteroatoms. The van der Waals surface area contributed by atoms with Crippen LogP contribution in [0.15, 0.2) is 11.3 Å². The maximum atomic E-state index is 12.0. The number of nitrogens with zero attached hydrogens (tertiary/aromatic N) is 1. The molecular formula is C11H13NO6S. The quantitative estimate of drug-likeness (QED) is 0.552. The Hall–Kier alpha value is -1.70. The number of aliphatic carboxylic acids is 1. The Morgan fingerprint density at radius 3 is 2.68 bits per heavy atom. The van der Waals surface area contributed by atoms with Crippen LogP contribution >= 0.6 is 0 Å². The average Bonchev–Trinajstić information content (AvgIpc) is 2.28. The van der Waals surface area contributed by atoms with Gasteiger partial charge in [-0.1, -0.05) is 0 Å². The van der Waals surface area contributed by atoms with Gasteiger partial charge in [-0.25, -0.2) is 4.79 Å². The van der Waals surface area contributed by atoms with Crippen molar-refractivity contribution in [3.05, 3.63) is 11.3 Å². The number of amides is 1. The molecule has 0 aromatic heterocycles. The number of carbonyl (C=O) groups is 3.